The van der Waals surface area contributed by atoms with E-state index in [1.54, 1.807) is 6.20 Å². The van der Waals surface area contributed by atoms with Crippen molar-refractivity contribution in [1.29, 1.82) is 0 Å². The third kappa shape index (κ3) is 3.17. The van der Waals surface area contributed by atoms with Crippen LogP contribution >= 0.6 is 31.9 Å². The molecule has 0 fully saturated rings. The zero-order valence-corrected chi connectivity index (χ0v) is 11.7. The van der Waals surface area contributed by atoms with Gasteiger partial charge < -0.3 is 10.3 Å². The van der Waals surface area contributed by atoms with Crippen LogP contribution in [0, 0.1) is 0 Å². The summed E-state index contributed by atoms with van der Waals surface area (Å²) in [5.74, 6) is 0.955. The Morgan fingerprint density at radius 3 is 2.75 bits per heavy atom. The number of nitrogens with zero attached hydrogens (tertiary/aromatic N) is 1. The number of aromatic nitrogens is 2. The van der Waals surface area contributed by atoms with Gasteiger partial charge in [-0.15, -0.1) is 0 Å². The van der Waals surface area contributed by atoms with E-state index >= 15 is 0 Å². The number of hydrogen-bond donors (Lipinski definition) is 2. The maximum absolute atomic E-state index is 4.14. The Kier molecular flexibility index (Phi) is 4.15. The first-order chi connectivity index (χ1) is 7.75. The van der Waals surface area contributed by atoms with Crippen molar-refractivity contribution in [2.75, 3.05) is 0 Å². The lowest BCUT2D eigenvalue weighted by molar-refractivity contribution is 0.668. The van der Waals surface area contributed by atoms with Crippen molar-refractivity contribution in [2.45, 2.75) is 13.1 Å². The van der Waals surface area contributed by atoms with E-state index in [1.165, 1.54) is 5.56 Å². The lowest BCUT2D eigenvalue weighted by atomic mass is 10.2. The first kappa shape index (κ1) is 11.8. The van der Waals surface area contributed by atoms with Crippen molar-refractivity contribution in [3.63, 3.8) is 0 Å². The normalized spacial score (nSPS) is 10.6. The molecule has 3 nitrogen and oxygen atoms in total. The van der Waals surface area contributed by atoms with Gasteiger partial charge in [-0.2, -0.15) is 0 Å². The van der Waals surface area contributed by atoms with Crippen molar-refractivity contribution >= 4 is 31.9 Å². The molecule has 16 heavy (non-hydrogen) atoms. The lowest BCUT2D eigenvalue weighted by Gasteiger charge is -2.04. The second kappa shape index (κ2) is 5.61. The molecular weight excluding hydrogens is 334 g/mol. The van der Waals surface area contributed by atoms with Crippen LogP contribution in [0.5, 0.6) is 0 Å². The minimum absolute atomic E-state index is 0.751. The standard InChI is InChI=1S/C11H11Br2N3/c12-9-2-1-8(5-10(9)13)6-14-7-11-15-3-4-16-11/h1-5,14H,6-7H2,(H,15,16). The minimum atomic E-state index is 0.751. The molecule has 0 radical (unpaired) electrons. The smallest absolute Gasteiger partial charge is 0.120 e. The number of rotatable bonds is 4. The fraction of sp³-hybridized carbons (Fsp3) is 0.182. The van der Waals surface area contributed by atoms with E-state index in [9.17, 15) is 0 Å². The second-order valence-electron chi connectivity index (χ2n) is 3.39. The first-order valence-electron chi connectivity index (χ1n) is 4.88. The quantitative estimate of drug-likeness (QED) is 0.894. The van der Waals surface area contributed by atoms with E-state index < -0.39 is 0 Å². The third-order valence-corrected chi connectivity index (χ3v) is 4.04. The van der Waals surface area contributed by atoms with Crippen molar-refractivity contribution < 1.29 is 0 Å². The summed E-state index contributed by atoms with van der Waals surface area (Å²) >= 11 is 6.93. The maximum Gasteiger partial charge on any atom is 0.120 e. The molecule has 0 atom stereocenters. The predicted octanol–water partition coefficient (Wildman–Crippen LogP) is 3.22. The molecule has 0 unspecified atom stereocenters. The van der Waals surface area contributed by atoms with Gasteiger partial charge in [0, 0.05) is 27.9 Å². The maximum atomic E-state index is 4.14. The van der Waals surface area contributed by atoms with Crippen LogP contribution in [-0.2, 0) is 13.1 Å². The van der Waals surface area contributed by atoms with E-state index in [4.69, 9.17) is 0 Å². The monoisotopic (exact) mass is 343 g/mol. The Hall–Kier alpha value is -0.650. The van der Waals surface area contributed by atoms with Gasteiger partial charge in [-0.1, -0.05) is 6.07 Å². The number of imidazole rings is 1. The van der Waals surface area contributed by atoms with Crippen LogP contribution in [0.4, 0.5) is 0 Å². The van der Waals surface area contributed by atoms with Crippen LogP contribution in [0.2, 0.25) is 0 Å². The summed E-state index contributed by atoms with van der Waals surface area (Å²) in [7, 11) is 0. The van der Waals surface area contributed by atoms with Gasteiger partial charge >= 0.3 is 0 Å². The Morgan fingerprint density at radius 1 is 1.19 bits per heavy atom. The molecular formula is C11H11Br2N3. The SMILES string of the molecule is Brc1ccc(CNCc2ncc[nH]2)cc1Br. The Bertz CT molecular complexity index is 454. The molecule has 5 heteroatoms. The van der Waals surface area contributed by atoms with Crippen molar-refractivity contribution in [3.05, 3.63) is 50.9 Å². The second-order valence-corrected chi connectivity index (χ2v) is 5.10. The summed E-state index contributed by atoms with van der Waals surface area (Å²) in [6.07, 6.45) is 3.58. The molecule has 0 aliphatic carbocycles. The molecule has 0 saturated carbocycles. The number of aromatic amines is 1. The third-order valence-electron chi connectivity index (χ3n) is 2.16. The minimum Gasteiger partial charge on any atom is -0.348 e. The van der Waals surface area contributed by atoms with E-state index in [2.05, 4.69) is 59.3 Å². The zero-order valence-electron chi connectivity index (χ0n) is 8.50. The average molecular weight is 345 g/mol. The zero-order chi connectivity index (χ0) is 11.4. The topological polar surface area (TPSA) is 40.7 Å². The van der Waals surface area contributed by atoms with Gasteiger partial charge in [-0.25, -0.2) is 4.98 Å². The first-order valence-corrected chi connectivity index (χ1v) is 6.47. The van der Waals surface area contributed by atoms with Gasteiger partial charge in [0.2, 0.25) is 0 Å². The number of hydrogen-bond acceptors (Lipinski definition) is 2. The molecule has 2 N–H and O–H groups in total. The highest BCUT2D eigenvalue weighted by molar-refractivity contribution is 9.13. The van der Waals surface area contributed by atoms with Gasteiger partial charge in [0.15, 0.2) is 0 Å². The van der Waals surface area contributed by atoms with Crippen molar-refractivity contribution in [1.82, 2.24) is 15.3 Å². The Morgan fingerprint density at radius 2 is 2.06 bits per heavy atom. The molecule has 0 bridgehead atoms. The number of halogens is 2. The van der Waals surface area contributed by atoms with E-state index in [0.29, 0.717) is 0 Å². The van der Waals surface area contributed by atoms with Crippen LogP contribution in [0.1, 0.15) is 11.4 Å². The summed E-state index contributed by atoms with van der Waals surface area (Å²) in [4.78, 5) is 7.20. The van der Waals surface area contributed by atoms with Gasteiger partial charge in [-0.3, -0.25) is 0 Å². The predicted molar refractivity (Wildman–Crippen MR) is 71.0 cm³/mol. The number of H-pyrrole nitrogens is 1. The van der Waals surface area contributed by atoms with Crippen LogP contribution in [0.15, 0.2) is 39.5 Å². The van der Waals surface area contributed by atoms with Crippen LogP contribution in [-0.4, -0.2) is 9.97 Å². The molecule has 0 amide bonds. The molecule has 0 spiro atoms. The average Bonchev–Trinajstić information content (AvgIpc) is 2.76. The fourth-order valence-corrected chi connectivity index (χ4v) is 2.04. The van der Waals surface area contributed by atoms with E-state index in [0.717, 1.165) is 27.9 Å². The molecule has 1 heterocycles. The highest BCUT2D eigenvalue weighted by Crippen LogP contribution is 2.23. The Balaban J connectivity index is 1.87. The molecule has 0 aliphatic rings. The summed E-state index contributed by atoms with van der Waals surface area (Å²) in [6.45, 7) is 1.58. The van der Waals surface area contributed by atoms with Gasteiger partial charge in [0.25, 0.3) is 0 Å². The molecule has 0 saturated heterocycles. The summed E-state index contributed by atoms with van der Waals surface area (Å²) in [5, 5.41) is 3.32. The van der Waals surface area contributed by atoms with E-state index in [1.807, 2.05) is 12.3 Å². The molecule has 1 aromatic carbocycles. The van der Waals surface area contributed by atoms with Gasteiger partial charge in [-0.05, 0) is 49.6 Å². The summed E-state index contributed by atoms with van der Waals surface area (Å²) < 4.78 is 2.15. The van der Waals surface area contributed by atoms with Gasteiger partial charge in [0.1, 0.15) is 5.82 Å². The van der Waals surface area contributed by atoms with Crippen LogP contribution < -0.4 is 5.32 Å². The molecule has 2 aromatic rings. The summed E-state index contributed by atoms with van der Waals surface area (Å²) in [6, 6.07) is 6.22. The largest absolute Gasteiger partial charge is 0.348 e. The number of nitrogens with one attached hydrogen (secondary N) is 2. The van der Waals surface area contributed by atoms with Crippen LogP contribution in [0.25, 0.3) is 0 Å². The Labute approximate surface area is 111 Å². The lowest BCUT2D eigenvalue weighted by Crippen LogP contribution is -2.13. The van der Waals surface area contributed by atoms with Crippen molar-refractivity contribution in [2.24, 2.45) is 0 Å². The molecule has 1 aromatic heterocycles. The molecule has 0 aliphatic heterocycles. The molecule has 84 valence electrons. The van der Waals surface area contributed by atoms with Crippen molar-refractivity contribution in [3.8, 4) is 0 Å². The highest BCUT2D eigenvalue weighted by Gasteiger charge is 1.99. The van der Waals surface area contributed by atoms with E-state index in [-0.39, 0.29) is 0 Å². The fourth-order valence-electron chi connectivity index (χ4n) is 1.37. The number of benzene rings is 1. The summed E-state index contributed by atoms with van der Waals surface area (Å²) in [5.41, 5.74) is 1.24. The van der Waals surface area contributed by atoms with Crippen LogP contribution in [0.3, 0.4) is 0 Å². The highest BCUT2D eigenvalue weighted by atomic mass is 79.9. The van der Waals surface area contributed by atoms with Gasteiger partial charge in [0.05, 0.1) is 6.54 Å². The molecule has 2 rings (SSSR count).